The first-order valence-corrected chi connectivity index (χ1v) is 21.6. The van der Waals surface area contributed by atoms with Crippen LogP contribution < -0.4 is 31.1 Å². The SMILES string of the molecule is CN(c1cccc(C2CCN(CC(=O)N3CCC(Nc4cccc(N5[C@@H]6CC[C@H]5CN(c5cc(-c7ccccc7O)nnc5N)C6)c4)CC3)CC2)c1)[C@H]1CCC(=O)NC1=O. The van der Waals surface area contributed by atoms with E-state index in [0.717, 1.165) is 94.9 Å². The second kappa shape index (κ2) is 17.0. The number of nitrogens with two attached hydrogens (primary N) is 1. The highest BCUT2D eigenvalue weighted by atomic mass is 16.3. The molecule has 4 aromatic rings. The van der Waals surface area contributed by atoms with Gasteiger partial charge in [-0.1, -0.05) is 30.3 Å². The van der Waals surface area contributed by atoms with Gasteiger partial charge in [-0.25, -0.2) is 0 Å². The number of anilines is 5. The molecule has 5 N–H and O–H groups in total. The van der Waals surface area contributed by atoms with Crippen molar-refractivity contribution >= 4 is 46.3 Å². The van der Waals surface area contributed by atoms with Crippen molar-refractivity contribution in [1.82, 2.24) is 25.3 Å². The summed E-state index contributed by atoms with van der Waals surface area (Å²) in [6.45, 7) is 5.39. The van der Waals surface area contributed by atoms with Crippen LogP contribution in [0.2, 0.25) is 0 Å². The predicted molar refractivity (Wildman–Crippen MR) is 234 cm³/mol. The number of phenols is 1. The van der Waals surface area contributed by atoms with Crippen LogP contribution in [0.25, 0.3) is 11.3 Å². The zero-order valence-electron chi connectivity index (χ0n) is 34.4. The van der Waals surface area contributed by atoms with Crippen LogP contribution in [0.15, 0.2) is 78.9 Å². The monoisotopic (exact) mass is 812 g/mol. The maximum Gasteiger partial charge on any atom is 0.249 e. The van der Waals surface area contributed by atoms with Gasteiger partial charge in [0.25, 0.3) is 0 Å². The number of hydrogen-bond donors (Lipinski definition) is 4. The first-order valence-electron chi connectivity index (χ1n) is 21.6. The van der Waals surface area contributed by atoms with Crippen molar-refractivity contribution in [2.75, 3.05) is 78.6 Å². The second-order valence-electron chi connectivity index (χ2n) is 17.3. The first kappa shape index (κ1) is 39.6. The smallest absolute Gasteiger partial charge is 0.249 e. The molecule has 3 atom stereocenters. The van der Waals surface area contributed by atoms with Crippen LogP contribution >= 0.6 is 0 Å². The van der Waals surface area contributed by atoms with Gasteiger partial charge in [0.15, 0.2) is 5.82 Å². The van der Waals surface area contributed by atoms with Crippen LogP contribution in [0.5, 0.6) is 5.75 Å². The van der Waals surface area contributed by atoms with E-state index in [1.54, 1.807) is 12.1 Å². The van der Waals surface area contributed by atoms with E-state index in [1.807, 2.05) is 41.1 Å². The fraction of sp³-hybridized carbons (Fsp3) is 0.457. The zero-order valence-corrected chi connectivity index (χ0v) is 34.4. The molecule has 3 aromatic carbocycles. The molecule has 0 saturated carbocycles. The average molecular weight is 813 g/mol. The quantitative estimate of drug-likeness (QED) is 0.162. The van der Waals surface area contributed by atoms with Crippen molar-refractivity contribution in [2.45, 2.75) is 81.5 Å². The summed E-state index contributed by atoms with van der Waals surface area (Å²) in [5.74, 6) is 0.761. The van der Waals surface area contributed by atoms with E-state index < -0.39 is 0 Å². The number of piperazine rings is 1. The molecule has 0 spiro atoms. The highest BCUT2D eigenvalue weighted by molar-refractivity contribution is 6.01. The highest BCUT2D eigenvalue weighted by Crippen LogP contribution is 2.40. The van der Waals surface area contributed by atoms with Gasteiger partial charge in [0.1, 0.15) is 11.8 Å². The molecular weight excluding hydrogens is 757 g/mol. The number of likely N-dealkylation sites (N-methyl/N-ethyl adjacent to an activating group) is 1. The van der Waals surface area contributed by atoms with Crippen LogP contribution in [-0.2, 0) is 14.4 Å². The Hall–Kier alpha value is -5.89. The molecule has 6 heterocycles. The summed E-state index contributed by atoms with van der Waals surface area (Å²) in [5, 5.41) is 25.3. The normalized spacial score (nSPS) is 22.8. The van der Waals surface area contributed by atoms with Crippen LogP contribution in [-0.4, -0.2) is 120 Å². The summed E-state index contributed by atoms with van der Waals surface area (Å²) in [6.07, 6.45) is 6.89. The lowest BCUT2D eigenvalue weighted by Crippen LogP contribution is -2.54. The number of hydrogen-bond acceptors (Lipinski definition) is 12. The van der Waals surface area contributed by atoms with Crippen LogP contribution in [0.1, 0.15) is 62.8 Å². The van der Waals surface area contributed by atoms with Gasteiger partial charge in [0.05, 0.1) is 17.9 Å². The Morgan fingerprint density at radius 1 is 0.867 bits per heavy atom. The molecule has 5 aliphatic heterocycles. The van der Waals surface area contributed by atoms with Gasteiger partial charge in [-0.2, -0.15) is 0 Å². The molecule has 0 aliphatic carbocycles. The minimum atomic E-state index is -0.348. The zero-order chi connectivity index (χ0) is 41.3. The number of aromatic nitrogens is 2. The van der Waals surface area contributed by atoms with Gasteiger partial charge in [-0.15, -0.1) is 10.2 Å². The van der Waals surface area contributed by atoms with E-state index >= 15 is 0 Å². The number of imide groups is 1. The number of rotatable bonds is 10. The van der Waals surface area contributed by atoms with Gasteiger partial charge >= 0.3 is 0 Å². The number of aromatic hydroxyl groups is 1. The lowest BCUT2D eigenvalue weighted by molar-refractivity contribution is -0.135. The number of benzene rings is 3. The van der Waals surface area contributed by atoms with Crippen molar-refractivity contribution in [3.05, 3.63) is 84.4 Å². The van der Waals surface area contributed by atoms with E-state index in [0.29, 0.717) is 60.5 Å². The maximum absolute atomic E-state index is 13.5. The van der Waals surface area contributed by atoms with E-state index in [1.165, 1.54) is 11.3 Å². The van der Waals surface area contributed by atoms with E-state index in [9.17, 15) is 19.5 Å². The fourth-order valence-electron chi connectivity index (χ4n) is 10.2. The Labute approximate surface area is 351 Å². The lowest BCUT2D eigenvalue weighted by atomic mass is 9.89. The van der Waals surface area contributed by atoms with E-state index in [2.05, 4.69) is 78.0 Å². The molecule has 1 aromatic heterocycles. The number of piperidine rings is 3. The number of phenolic OH excluding ortho intramolecular Hbond substituents is 1. The third-order valence-electron chi connectivity index (χ3n) is 13.5. The summed E-state index contributed by atoms with van der Waals surface area (Å²) >= 11 is 0. The summed E-state index contributed by atoms with van der Waals surface area (Å²) < 4.78 is 0. The molecule has 0 unspecified atom stereocenters. The maximum atomic E-state index is 13.5. The Morgan fingerprint density at radius 2 is 1.62 bits per heavy atom. The molecule has 14 heteroatoms. The number of nitrogens with zero attached hydrogens (tertiary/aromatic N) is 7. The van der Waals surface area contributed by atoms with E-state index in [4.69, 9.17) is 5.73 Å². The second-order valence-corrected chi connectivity index (χ2v) is 17.3. The number of nitrogens with one attached hydrogen (secondary N) is 2. The van der Waals surface area contributed by atoms with Crippen LogP contribution in [0.4, 0.5) is 28.6 Å². The van der Waals surface area contributed by atoms with Crippen LogP contribution in [0.3, 0.4) is 0 Å². The summed E-state index contributed by atoms with van der Waals surface area (Å²) in [6, 6.07) is 27.0. The first-order chi connectivity index (χ1) is 29.2. The van der Waals surface area contributed by atoms with Crippen molar-refractivity contribution in [1.29, 1.82) is 0 Å². The van der Waals surface area contributed by atoms with Crippen LogP contribution in [0, 0.1) is 0 Å². The molecule has 5 aliphatic rings. The molecular formula is C46H56N10O4. The Balaban J connectivity index is 0.741. The fourth-order valence-corrected chi connectivity index (χ4v) is 10.2. The average Bonchev–Trinajstić information content (AvgIpc) is 3.53. The predicted octanol–water partition coefficient (Wildman–Crippen LogP) is 4.81. The van der Waals surface area contributed by atoms with Crippen molar-refractivity contribution in [2.24, 2.45) is 0 Å². The number of para-hydroxylation sites is 1. The Bertz CT molecular complexity index is 2210. The molecule has 5 fully saturated rings. The Kier molecular flexibility index (Phi) is 11.2. The minimum Gasteiger partial charge on any atom is -0.507 e. The molecule has 0 radical (unpaired) electrons. The van der Waals surface area contributed by atoms with Gasteiger partial charge < -0.3 is 35.8 Å². The Morgan fingerprint density at radius 3 is 2.37 bits per heavy atom. The van der Waals surface area contributed by atoms with Gasteiger partial charge in [0.2, 0.25) is 17.7 Å². The third-order valence-corrected chi connectivity index (χ3v) is 13.5. The summed E-state index contributed by atoms with van der Waals surface area (Å²) in [4.78, 5) is 48.9. The molecule has 9 rings (SSSR count). The largest absolute Gasteiger partial charge is 0.507 e. The van der Waals surface area contributed by atoms with Gasteiger partial charge in [0, 0.05) is 80.4 Å². The van der Waals surface area contributed by atoms with Gasteiger partial charge in [-0.3, -0.25) is 24.6 Å². The number of likely N-dealkylation sites (tertiary alicyclic amines) is 2. The third kappa shape index (κ3) is 8.29. The number of carbonyl (C=O) groups is 3. The number of fused-ring (bicyclic) bond motifs is 2. The lowest BCUT2D eigenvalue weighted by Gasteiger charge is -2.43. The molecule has 60 heavy (non-hydrogen) atoms. The standard InChI is InChI=1S/C46H56N10O4/c1-52(40-14-15-43(58)49-46(40)60)34-8-4-6-31(24-34)30-16-20-53(21-17-30)29-44(59)54-22-18-32(19-23-54)48-33-7-5-9-35(25-33)56-36-12-13-37(56)28-55(27-36)41-26-39(50-51-45(41)47)38-10-2-3-11-42(38)57/h2-11,24-26,30,32,36-37,40,48,57H,12-23,27-29H2,1H3,(H2,47,51)(H,49,58,60)/t36-,37+,40-/m0/s1. The summed E-state index contributed by atoms with van der Waals surface area (Å²) in [5.41, 5.74) is 13.1. The number of amides is 3. The van der Waals surface area contributed by atoms with Crippen molar-refractivity contribution in [3.8, 4) is 17.0 Å². The van der Waals surface area contributed by atoms with Crippen molar-refractivity contribution < 1.29 is 19.5 Å². The van der Waals surface area contributed by atoms with E-state index in [-0.39, 0.29) is 29.5 Å². The number of nitrogen functional groups attached to an aromatic ring is 1. The summed E-state index contributed by atoms with van der Waals surface area (Å²) in [7, 11) is 1.92. The highest BCUT2D eigenvalue weighted by Gasteiger charge is 2.41. The minimum absolute atomic E-state index is 0.169. The molecule has 314 valence electrons. The van der Waals surface area contributed by atoms with Gasteiger partial charge in [-0.05, 0) is 118 Å². The topological polar surface area (TPSA) is 164 Å². The molecule has 3 amide bonds. The molecule has 14 nitrogen and oxygen atoms in total. The molecule has 5 saturated heterocycles. The van der Waals surface area contributed by atoms with Crippen molar-refractivity contribution in [3.63, 3.8) is 0 Å². The number of carbonyl (C=O) groups excluding carboxylic acids is 3. The molecule has 2 bridgehead atoms.